The van der Waals surface area contributed by atoms with E-state index in [1.165, 1.54) is 53.6 Å². The molecule has 2 N–H and O–H groups in total. The Morgan fingerprint density at radius 1 is 0.982 bits per heavy atom. The Bertz CT molecular complexity index is 2580. The molecule has 284 valence electrons. The van der Waals surface area contributed by atoms with Crippen LogP contribution >= 0.6 is 0 Å². The van der Waals surface area contributed by atoms with Gasteiger partial charge in [-0.1, -0.05) is 0 Å². The lowest BCUT2D eigenvalue weighted by Crippen LogP contribution is -2.55. The lowest BCUT2D eigenvalue weighted by molar-refractivity contribution is -0.112. The number of carboxylic acids is 1. The standard InChI is InChI=1S/C38H36F2N8O6S/c1-5-45-19-29(37(51)52)35(49)28-16-30(40)33(17-32(28)45)46-12-13-47(23(4)18-46)20-48-31-11-6-24(39)15-27(31)34(36(48)50)43-25-7-9-26(10-8-25)55(53,54)44-38-41-21(2)14-22(3)42-38/h6-11,14-17,19,23H,5,12-13,18,20H2,1-4H3,(H,51,52)(H,41,42,44). The second-order valence-corrected chi connectivity index (χ2v) is 15.1. The van der Waals surface area contributed by atoms with Crippen LogP contribution in [0.15, 0.2) is 81.5 Å². The lowest BCUT2D eigenvalue weighted by Gasteiger charge is -2.42. The summed E-state index contributed by atoms with van der Waals surface area (Å²) in [6, 6.07) is 13.7. The highest BCUT2D eigenvalue weighted by Crippen LogP contribution is 2.34. The second kappa shape index (κ2) is 14.3. The third-order valence-electron chi connectivity index (χ3n) is 9.70. The number of amides is 1. The van der Waals surface area contributed by atoms with Crippen molar-refractivity contribution in [2.24, 2.45) is 4.99 Å². The van der Waals surface area contributed by atoms with Crippen LogP contribution in [-0.2, 0) is 21.4 Å². The van der Waals surface area contributed by atoms with Crippen molar-refractivity contribution in [1.82, 2.24) is 19.4 Å². The summed E-state index contributed by atoms with van der Waals surface area (Å²) in [7, 11) is -4.04. The number of halogens is 2. The minimum atomic E-state index is -4.04. The number of hydrogen-bond donors (Lipinski definition) is 2. The molecule has 14 nitrogen and oxygen atoms in total. The van der Waals surface area contributed by atoms with Gasteiger partial charge in [-0.2, -0.15) is 0 Å². The van der Waals surface area contributed by atoms with Crippen molar-refractivity contribution in [1.29, 1.82) is 0 Å². The summed E-state index contributed by atoms with van der Waals surface area (Å²) in [5.41, 5.74) is 1.70. The number of hydrogen-bond acceptors (Lipinski definition) is 10. The Kier molecular flexibility index (Phi) is 9.68. The Labute approximate surface area is 314 Å². The topological polar surface area (TPSA) is 170 Å². The number of carbonyl (C=O) groups is 2. The molecule has 55 heavy (non-hydrogen) atoms. The van der Waals surface area contributed by atoms with E-state index in [1.807, 2.05) is 16.7 Å². The van der Waals surface area contributed by atoms with Gasteiger partial charge in [0.1, 0.15) is 22.9 Å². The molecule has 1 amide bonds. The van der Waals surface area contributed by atoms with Gasteiger partial charge in [0.2, 0.25) is 11.4 Å². The molecular formula is C38H36F2N8O6S. The maximum atomic E-state index is 15.6. The van der Waals surface area contributed by atoms with Crippen LogP contribution in [0, 0.1) is 25.5 Å². The minimum absolute atomic E-state index is 0.00980. The molecule has 0 spiro atoms. The first-order valence-electron chi connectivity index (χ1n) is 17.4. The number of rotatable bonds is 9. The summed E-state index contributed by atoms with van der Waals surface area (Å²) >= 11 is 0. The molecule has 1 saturated heterocycles. The first kappa shape index (κ1) is 37.3. The van der Waals surface area contributed by atoms with Gasteiger partial charge in [-0.25, -0.2) is 41.7 Å². The van der Waals surface area contributed by atoms with E-state index in [1.54, 1.807) is 37.5 Å². The number of carbonyl (C=O) groups excluding carboxylic acids is 1. The van der Waals surface area contributed by atoms with Crippen molar-refractivity contribution >= 4 is 61.5 Å². The summed E-state index contributed by atoms with van der Waals surface area (Å²) in [5, 5.41) is 9.47. The van der Waals surface area contributed by atoms with Crippen LogP contribution in [0.3, 0.4) is 0 Å². The van der Waals surface area contributed by atoms with Gasteiger partial charge in [-0.3, -0.25) is 19.4 Å². The lowest BCUT2D eigenvalue weighted by atomic mass is 10.1. The predicted octanol–water partition coefficient (Wildman–Crippen LogP) is 4.84. The Balaban J connectivity index is 1.10. The number of aromatic nitrogens is 3. The molecule has 0 aliphatic carbocycles. The summed E-state index contributed by atoms with van der Waals surface area (Å²) in [6.07, 6.45) is 1.27. The van der Waals surface area contributed by atoms with Crippen LogP contribution in [0.5, 0.6) is 0 Å². The first-order valence-corrected chi connectivity index (χ1v) is 18.9. The highest BCUT2D eigenvalue weighted by molar-refractivity contribution is 7.92. The summed E-state index contributed by atoms with van der Waals surface area (Å²) in [5.74, 6) is -3.13. The smallest absolute Gasteiger partial charge is 0.341 e. The number of sulfonamides is 1. The van der Waals surface area contributed by atoms with Crippen LogP contribution in [0.2, 0.25) is 0 Å². The molecule has 0 radical (unpaired) electrons. The molecule has 2 aliphatic rings. The summed E-state index contributed by atoms with van der Waals surface area (Å²) in [6.45, 7) is 8.83. The fourth-order valence-electron chi connectivity index (χ4n) is 6.98. The van der Waals surface area contributed by atoms with Crippen molar-refractivity contribution in [2.75, 3.05) is 40.8 Å². The molecule has 1 fully saturated rings. The molecule has 2 aromatic heterocycles. The number of piperazine rings is 1. The van der Waals surface area contributed by atoms with Crippen LogP contribution in [0.4, 0.5) is 31.8 Å². The number of benzene rings is 3. The van der Waals surface area contributed by atoms with E-state index in [0.29, 0.717) is 48.8 Å². The zero-order chi connectivity index (χ0) is 39.3. The van der Waals surface area contributed by atoms with Gasteiger partial charge in [0.25, 0.3) is 15.9 Å². The number of nitrogens with one attached hydrogen (secondary N) is 1. The summed E-state index contributed by atoms with van der Waals surface area (Å²) in [4.78, 5) is 56.5. The van der Waals surface area contributed by atoms with E-state index in [9.17, 15) is 32.3 Å². The van der Waals surface area contributed by atoms with E-state index < -0.39 is 44.5 Å². The predicted molar refractivity (Wildman–Crippen MR) is 203 cm³/mol. The number of carboxylic acid groups (broad SMARTS) is 1. The van der Waals surface area contributed by atoms with E-state index in [4.69, 9.17) is 0 Å². The van der Waals surface area contributed by atoms with Gasteiger partial charge in [-0.05, 0) is 88.4 Å². The largest absolute Gasteiger partial charge is 0.477 e. The van der Waals surface area contributed by atoms with Gasteiger partial charge >= 0.3 is 5.97 Å². The molecule has 5 aromatic rings. The van der Waals surface area contributed by atoms with Crippen molar-refractivity contribution < 1.29 is 31.9 Å². The zero-order valence-corrected chi connectivity index (χ0v) is 31.1. The molecule has 0 saturated carbocycles. The molecule has 1 atom stereocenters. The van der Waals surface area contributed by atoms with E-state index in [-0.39, 0.29) is 51.6 Å². The van der Waals surface area contributed by atoms with Gasteiger partial charge in [0, 0.05) is 60.8 Å². The van der Waals surface area contributed by atoms with Crippen molar-refractivity contribution in [3.05, 3.63) is 111 Å². The Morgan fingerprint density at radius 2 is 1.69 bits per heavy atom. The van der Waals surface area contributed by atoms with Gasteiger partial charge in [-0.15, -0.1) is 0 Å². The third-order valence-corrected chi connectivity index (χ3v) is 11.0. The molecule has 2 aliphatic heterocycles. The number of aliphatic imine (C=N–C) groups is 1. The molecule has 4 heterocycles. The van der Waals surface area contributed by atoms with Gasteiger partial charge < -0.3 is 14.6 Å². The highest BCUT2D eigenvalue weighted by Gasteiger charge is 2.37. The third kappa shape index (κ3) is 7.15. The monoisotopic (exact) mass is 770 g/mol. The highest BCUT2D eigenvalue weighted by atomic mass is 32.2. The van der Waals surface area contributed by atoms with Crippen LogP contribution in [0.1, 0.15) is 41.2 Å². The fraction of sp³-hybridized carbons (Fsp3) is 0.263. The Hall–Kier alpha value is -6.07. The molecule has 1 unspecified atom stereocenters. The van der Waals surface area contributed by atoms with Crippen LogP contribution < -0.4 is 20.0 Å². The average Bonchev–Trinajstić information content (AvgIpc) is 3.37. The minimum Gasteiger partial charge on any atom is -0.477 e. The first-order chi connectivity index (χ1) is 26.1. The number of nitrogens with zero attached hydrogens (tertiary/aromatic N) is 7. The van der Waals surface area contributed by atoms with Crippen molar-refractivity contribution in [2.45, 2.75) is 45.2 Å². The van der Waals surface area contributed by atoms with E-state index in [0.717, 1.165) is 6.07 Å². The maximum Gasteiger partial charge on any atom is 0.341 e. The quantitative estimate of drug-likeness (QED) is 0.212. The average molecular weight is 771 g/mol. The molecule has 0 bridgehead atoms. The summed E-state index contributed by atoms with van der Waals surface area (Å²) < 4.78 is 60.2. The van der Waals surface area contributed by atoms with E-state index >= 15 is 4.39 Å². The number of pyridine rings is 1. The maximum absolute atomic E-state index is 15.6. The second-order valence-electron chi connectivity index (χ2n) is 13.5. The molecular weight excluding hydrogens is 735 g/mol. The van der Waals surface area contributed by atoms with Crippen LogP contribution in [-0.4, -0.2) is 82.9 Å². The van der Waals surface area contributed by atoms with Gasteiger partial charge in [0.15, 0.2) is 0 Å². The fourth-order valence-corrected chi connectivity index (χ4v) is 7.92. The molecule has 7 rings (SSSR count). The number of aryl methyl sites for hydroxylation is 3. The number of aromatic carboxylic acids is 1. The van der Waals surface area contributed by atoms with Crippen LogP contribution in [0.25, 0.3) is 10.9 Å². The zero-order valence-electron chi connectivity index (χ0n) is 30.2. The molecule has 17 heteroatoms. The van der Waals surface area contributed by atoms with Gasteiger partial charge in [0.05, 0.1) is 34.1 Å². The normalized spacial score (nSPS) is 16.9. The SMILES string of the molecule is CCn1cc(C(=O)O)c(=O)c2cc(F)c(N3CCN(CN4C(=O)C(=Nc5ccc(S(=O)(=O)Nc6nc(C)cc(C)n6)cc5)c5cc(F)ccc54)C(C)C3)cc21. The van der Waals surface area contributed by atoms with Crippen molar-refractivity contribution in [3.8, 4) is 0 Å². The number of fused-ring (bicyclic) bond motifs is 2. The van der Waals surface area contributed by atoms with Crippen molar-refractivity contribution in [3.63, 3.8) is 0 Å². The molecule has 3 aromatic carbocycles. The number of anilines is 3. The Morgan fingerprint density at radius 3 is 2.35 bits per heavy atom. The van der Waals surface area contributed by atoms with E-state index in [2.05, 4.69) is 19.7 Å².